The molecule has 166 valence electrons. The van der Waals surface area contributed by atoms with E-state index in [0.29, 0.717) is 24.2 Å². The Hall–Kier alpha value is -2.05. The maximum absolute atomic E-state index is 13.2. The predicted octanol–water partition coefficient (Wildman–Crippen LogP) is 4.49. The van der Waals surface area contributed by atoms with E-state index >= 15 is 0 Å². The fourth-order valence-electron chi connectivity index (χ4n) is 4.29. The lowest BCUT2D eigenvalue weighted by Crippen LogP contribution is -2.42. The first kappa shape index (κ1) is 22.2. The summed E-state index contributed by atoms with van der Waals surface area (Å²) < 4.78 is 6.25. The molecule has 3 atom stereocenters. The SMILES string of the molecule is CS[C@H]1C=CC(N2C(=O)C(O)=C(C(=O)C(C)C)C2C2=CC=CCC2OCC2CC2)=CC1. The van der Waals surface area contributed by atoms with Crippen molar-refractivity contribution in [2.75, 3.05) is 12.9 Å². The molecule has 31 heavy (non-hydrogen) atoms. The molecule has 0 radical (unpaired) electrons. The molecule has 0 spiro atoms. The number of aliphatic hydroxyl groups excluding tert-OH is 1. The molecule has 1 amide bonds. The van der Waals surface area contributed by atoms with Crippen LogP contribution < -0.4 is 0 Å². The molecule has 0 aromatic heterocycles. The second-order valence-electron chi connectivity index (χ2n) is 8.95. The lowest BCUT2D eigenvalue weighted by Gasteiger charge is -2.35. The molecule has 4 aliphatic rings. The standard InChI is InChI=1S/C25H31NO4S/c1-15(2)23(27)21-22(19-6-4-5-7-20(19)30-14-16-8-9-16)26(25(29)24(21)28)17-10-12-18(31-3)13-11-17/h4-6,10-12,15-16,18,20,22,28H,7-9,13-14H2,1-3H3/t18-,20?,22?/m0/s1. The van der Waals surface area contributed by atoms with Crippen molar-refractivity contribution in [3.05, 3.63) is 59.1 Å². The molecule has 1 saturated carbocycles. The molecule has 4 rings (SSSR count). The number of hydrogen-bond donors (Lipinski definition) is 1. The third-order valence-electron chi connectivity index (χ3n) is 6.31. The number of hydrogen-bond acceptors (Lipinski definition) is 5. The van der Waals surface area contributed by atoms with E-state index in [4.69, 9.17) is 4.74 Å². The van der Waals surface area contributed by atoms with E-state index in [9.17, 15) is 14.7 Å². The van der Waals surface area contributed by atoms with Crippen LogP contribution >= 0.6 is 11.8 Å². The molecule has 5 nitrogen and oxygen atoms in total. The third kappa shape index (κ3) is 4.46. The Morgan fingerprint density at radius 1 is 1.32 bits per heavy atom. The minimum Gasteiger partial charge on any atom is -0.503 e. The highest BCUT2D eigenvalue weighted by Gasteiger charge is 2.47. The molecule has 2 unspecified atom stereocenters. The minimum atomic E-state index is -0.640. The summed E-state index contributed by atoms with van der Waals surface area (Å²) in [4.78, 5) is 28.0. The molecule has 6 heteroatoms. The van der Waals surface area contributed by atoms with E-state index in [1.807, 2.05) is 24.3 Å². The Morgan fingerprint density at radius 3 is 2.71 bits per heavy atom. The number of aliphatic hydroxyl groups is 1. The minimum absolute atomic E-state index is 0.197. The highest BCUT2D eigenvalue weighted by atomic mass is 32.2. The lowest BCUT2D eigenvalue weighted by molar-refractivity contribution is -0.127. The highest BCUT2D eigenvalue weighted by molar-refractivity contribution is 7.99. The maximum Gasteiger partial charge on any atom is 0.294 e. The monoisotopic (exact) mass is 441 g/mol. The second kappa shape index (κ2) is 9.21. The van der Waals surface area contributed by atoms with Crippen molar-refractivity contribution < 1.29 is 19.4 Å². The number of ether oxygens (including phenoxy) is 1. The zero-order valence-electron chi connectivity index (χ0n) is 18.4. The first-order chi connectivity index (χ1) is 14.9. The number of rotatable bonds is 8. The number of nitrogens with zero attached hydrogens (tertiary/aromatic N) is 1. The molecule has 1 fully saturated rings. The van der Waals surface area contributed by atoms with Crippen molar-refractivity contribution in [3.63, 3.8) is 0 Å². The molecular formula is C25H31NO4S. The van der Waals surface area contributed by atoms with Crippen LogP contribution in [0.25, 0.3) is 0 Å². The van der Waals surface area contributed by atoms with E-state index in [-0.39, 0.29) is 23.4 Å². The topological polar surface area (TPSA) is 66.8 Å². The van der Waals surface area contributed by atoms with Gasteiger partial charge < -0.3 is 9.84 Å². The Balaban J connectivity index is 1.72. The van der Waals surface area contributed by atoms with Crippen LogP contribution in [0.2, 0.25) is 0 Å². The number of ketones is 1. The maximum atomic E-state index is 13.2. The van der Waals surface area contributed by atoms with Gasteiger partial charge in [0, 0.05) is 16.9 Å². The van der Waals surface area contributed by atoms with Crippen molar-refractivity contribution in [1.82, 2.24) is 4.90 Å². The molecule has 1 heterocycles. The van der Waals surface area contributed by atoms with Crippen LogP contribution in [0.5, 0.6) is 0 Å². The van der Waals surface area contributed by atoms with Crippen LogP contribution in [-0.4, -0.2) is 52.0 Å². The van der Waals surface area contributed by atoms with Crippen LogP contribution in [0.1, 0.15) is 39.5 Å². The largest absolute Gasteiger partial charge is 0.503 e. The molecule has 0 saturated heterocycles. The summed E-state index contributed by atoms with van der Waals surface area (Å²) in [5, 5.41) is 11.2. The fraction of sp³-hybridized carbons (Fsp3) is 0.520. The van der Waals surface area contributed by atoms with Crippen molar-refractivity contribution in [3.8, 4) is 0 Å². The Bertz CT molecular complexity index is 906. The number of allylic oxidation sites excluding steroid dienone is 4. The van der Waals surface area contributed by atoms with Gasteiger partial charge in [0.25, 0.3) is 5.91 Å². The van der Waals surface area contributed by atoms with E-state index in [2.05, 4.69) is 18.4 Å². The summed E-state index contributed by atoms with van der Waals surface area (Å²) in [6.45, 7) is 4.29. The van der Waals surface area contributed by atoms with E-state index in [1.165, 1.54) is 12.8 Å². The third-order valence-corrected chi connectivity index (χ3v) is 7.27. The van der Waals surface area contributed by atoms with Crippen LogP contribution in [0.4, 0.5) is 0 Å². The lowest BCUT2D eigenvalue weighted by atomic mass is 9.86. The Kier molecular flexibility index (Phi) is 6.58. The molecule has 1 aliphatic heterocycles. The van der Waals surface area contributed by atoms with E-state index < -0.39 is 17.7 Å². The van der Waals surface area contributed by atoms with Crippen LogP contribution in [-0.2, 0) is 14.3 Å². The van der Waals surface area contributed by atoms with Crippen LogP contribution in [0, 0.1) is 11.8 Å². The summed E-state index contributed by atoms with van der Waals surface area (Å²) in [6.07, 6.45) is 17.8. The first-order valence-electron chi connectivity index (χ1n) is 11.1. The normalized spacial score (nSPS) is 28.5. The summed E-state index contributed by atoms with van der Waals surface area (Å²) in [5.74, 6) is -0.848. The molecule has 1 N–H and O–H groups in total. The number of thioether (sulfide) groups is 1. The van der Waals surface area contributed by atoms with Gasteiger partial charge in [-0.3, -0.25) is 14.5 Å². The highest BCUT2D eigenvalue weighted by Crippen LogP contribution is 2.40. The number of Topliss-reactive ketones (excluding diaryl/α,β-unsaturated/α-hetero) is 1. The van der Waals surface area contributed by atoms with E-state index in [0.717, 1.165) is 17.7 Å². The molecule has 0 aromatic rings. The van der Waals surface area contributed by atoms with Gasteiger partial charge >= 0.3 is 0 Å². The zero-order valence-corrected chi connectivity index (χ0v) is 19.2. The fourth-order valence-corrected chi connectivity index (χ4v) is 4.81. The van der Waals surface area contributed by atoms with E-state index in [1.54, 1.807) is 30.5 Å². The zero-order chi connectivity index (χ0) is 22.1. The van der Waals surface area contributed by atoms with Crippen molar-refractivity contribution in [2.24, 2.45) is 11.8 Å². The van der Waals surface area contributed by atoms with Crippen molar-refractivity contribution in [1.29, 1.82) is 0 Å². The van der Waals surface area contributed by atoms with Gasteiger partial charge in [0.15, 0.2) is 11.5 Å². The summed E-state index contributed by atoms with van der Waals surface area (Å²) in [7, 11) is 0. The Morgan fingerprint density at radius 2 is 2.10 bits per heavy atom. The van der Waals surface area contributed by atoms with Gasteiger partial charge in [0.1, 0.15) is 0 Å². The van der Waals surface area contributed by atoms with Crippen molar-refractivity contribution >= 4 is 23.5 Å². The number of carbonyl (C=O) groups is 2. The van der Waals surface area contributed by atoms with Gasteiger partial charge in [-0.1, -0.05) is 44.2 Å². The first-order valence-corrected chi connectivity index (χ1v) is 12.4. The Labute approximate surface area is 188 Å². The van der Waals surface area contributed by atoms with Crippen LogP contribution in [0.15, 0.2) is 59.1 Å². The van der Waals surface area contributed by atoms with Gasteiger partial charge in [-0.05, 0) is 49.5 Å². The predicted molar refractivity (Wildman–Crippen MR) is 124 cm³/mol. The van der Waals surface area contributed by atoms with Gasteiger partial charge in [0.05, 0.1) is 24.3 Å². The number of carbonyl (C=O) groups excluding carboxylic acids is 2. The quantitative estimate of drug-likeness (QED) is 0.601. The van der Waals surface area contributed by atoms with Gasteiger partial charge in [0.2, 0.25) is 0 Å². The number of amides is 1. The molecular weight excluding hydrogens is 410 g/mol. The van der Waals surface area contributed by atoms with Gasteiger partial charge in [-0.15, -0.1) is 0 Å². The average Bonchev–Trinajstić information content (AvgIpc) is 3.57. The average molecular weight is 442 g/mol. The summed E-state index contributed by atoms with van der Waals surface area (Å²) in [6, 6.07) is -0.640. The smallest absolute Gasteiger partial charge is 0.294 e. The van der Waals surface area contributed by atoms with Crippen molar-refractivity contribution in [2.45, 2.75) is 56.9 Å². The van der Waals surface area contributed by atoms with Crippen LogP contribution in [0.3, 0.4) is 0 Å². The summed E-state index contributed by atoms with van der Waals surface area (Å²) >= 11 is 1.76. The van der Waals surface area contributed by atoms with Gasteiger partial charge in [-0.2, -0.15) is 11.8 Å². The molecule has 3 aliphatic carbocycles. The molecule has 0 aromatic carbocycles. The molecule has 0 bridgehead atoms. The summed E-state index contributed by atoms with van der Waals surface area (Å²) in [5.41, 5.74) is 1.79. The second-order valence-corrected chi connectivity index (χ2v) is 10.0. The van der Waals surface area contributed by atoms with Gasteiger partial charge in [-0.25, -0.2) is 0 Å².